The predicted octanol–water partition coefficient (Wildman–Crippen LogP) is 3.84. The first-order valence-corrected chi connectivity index (χ1v) is 6.00. The molecule has 0 bridgehead atoms. The molecule has 2 rings (SSSR count). The summed E-state index contributed by atoms with van der Waals surface area (Å²) >= 11 is 0. The van der Waals surface area contributed by atoms with Crippen LogP contribution in [0.4, 0.5) is 5.82 Å². The Hall–Kier alpha value is -2.03. The van der Waals surface area contributed by atoms with Crippen molar-refractivity contribution in [2.75, 3.05) is 12.4 Å². The molecule has 1 N–H and O–H groups in total. The summed E-state index contributed by atoms with van der Waals surface area (Å²) in [6.07, 6.45) is 0. The first kappa shape index (κ1) is 12.4. The monoisotopic (exact) mass is 242 g/mol. The Morgan fingerprint density at radius 1 is 1.11 bits per heavy atom. The lowest BCUT2D eigenvalue weighted by Crippen LogP contribution is -1.96. The van der Waals surface area contributed by atoms with Crippen LogP contribution in [0.15, 0.2) is 30.3 Å². The van der Waals surface area contributed by atoms with Gasteiger partial charge in [-0.25, -0.2) is 0 Å². The van der Waals surface area contributed by atoms with Gasteiger partial charge >= 0.3 is 0 Å². The molecule has 18 heavy (non-hydrogen) atoms. The second-order valence-corrected chi connectivity index (χ2v) is 4.42. The summed E-state index contributed by atoms with van der Waals surface area (Å²) in [6.45, 7) is 6.22. The molecule has 0 aliphatic heterocycles. The molecule has 94 valence electrons. The summed E-state index contributed by atoms with van der Waals surface area (Å²) in [6, 6.07) is 9.88. The second kappa shape index (κ2) is 5.08. The third kappa shape index (κ3) is 2.62. The van der Waals surface area contributed by atoms with Crippen LogP contribution in [0.2, 0.25) is 0 Å². The van der Waals surface area contributed by atoms with E-state index in [0.717, 1.165) is 17.1 Å². The van der Waals surface area contributed by atoms with Crippen LogP contribution in [0.25, 0.3) is 0 Å². The lowest BCUT2D eigenvalue weighted by molar-refractivity contribution is 0.459. The van der Waals surface area contributed by atoms with E-state index in [-0.39, 0.29) is 0 Å². The highest BCUT2D eigenvalue weighted by molar-refractivity contribution is 5.44. The largest absolute Gasteiger partial charge is 0.439 e. The molecule has 3 nitrogen and oxygen atoms in total. The predicted molar refractivity (Wildman–Crippen MR) is 74.5 cm³/mol. The number of hydrogen-bond acceptors (Lipinski definition) is 3. The fraction of sp³-hybridized carbons (Fsp3) is 0.267. The highest BCUT2D eigenvalue weighted by Crippen LogP contribution is 2.27. The molecule has 3 heteroatoms. The van der Waals surface area contributed by atoms with Crippen LogP contribution in [0.3, 0.4) is 0 Å². The van der Waals surface area contributed by atoms with E-state index in [4.69, 9.17) is 4.74 Å². The summed E-state index contributed by atoms with van der Waals surface area (Å²) in [7, 11) is 1.84. The van der Waals surface area contributed by atoms with Gasteiger partial charge in [0.05, 0.1) is 0 Å². The summed E-state index contributed by atoms with van der Waals surface area (Å²) < 4.78 is 5.86. The highest BCUT2D eigenvalue weighted by atomic mass is 16.5. The molecule has 1 heterocycles. The highest BCUT2D eigenvalue weighted by Gasteiger charge is 2.06. The van der Waals surface area contributed by atoms with Gasteiger partial charge in [-0.3, -0.25) is 0 Å². The number of ether oxygens (including phenoxy) is 1. The van der Waals surface area contributed by atoms with E-state index in [1.54, 1.807) is 0 Å². The van der Waals surface area contributed by atoms with Gasteiger partial charge in [0.2, 0.25) is 5.88 Å². The maximum Gasteiger partial charge on any atom is 0.221 e. The number of pyridine rings is 1. The van der Waals surface area contributed by atoms with E-state index in [0.29, 0.717) is 5.88 Å². The molecule has 1 aromatic heterocycles. The van der Waals surface area contributed by atoms with E-state index >= 15 is 0 Å². The molecule has 0 spiro atoms. The van der Waals surface area contributed by atoms with Crippen molar-refractivity contribution >= 4 is 5.82 Å². The molecule has 0 saturated carbocycles. The first-order chi connectivity index (χ1) is 8.60. The van der Waals surface area contributed by atoms with Crippen molar-refractivity contribution in [3.63, 3.8) is 0 Å². The summed E-state index contributed by atoms with van der Waals surface area (Å²) in [5.74, 6) is 2.28. The molecular formula is C15H18N2O. The lowest BCUT2D eigenvalue weighted by Gasteiger charge is -2.11. The molecule has 0 aliphatic rings. The van der Waals surface area contributed by atoms with Crippen molar-refractivity contribution < 1.29 is 4.74 Å². The Morgan fingerprint density at radius 3 is 2.61 bits per heavy atom. The average Bonchev–Trinajstić information content (AvgIpc) is 2.35. The molecule has 0 saturated heterocycles. The van der Waals surface area contributed by atoms with Gasteiger partial charge in [0.25, 0.3) is 0 Å². The lowest BCUT2D eigenvalue weighted by atomic mass is 10.1. The molecule has 0 amide bonds. The summed E-state index contributed by atoms with van der Waals surface area (Å²) in [5.41, 5.74) is 3.57. The Kier molecular flexibility index (Phi) is 3.51. The standard InChI is InChI=1S/C15H18N2O/c1-10-8-11(2)12(3)13(9-10)18-15-7-5-6-14(16-4)17-15/h5-9H,1-4H3,(H,16,17). The number of rotatable bonds is 3. The zero-order chi connectivity index (χ0) is 13.1. The zero-order valence-corrected chi connectivity index (χ0v) is 11.2. The minimum Gasteiger partial charge on any atom is -0.439 e. The third-order valence-electron chi connectivity index (χ3n) is 2.96. The maximum atomic E-state index is 5.86. The van der Waals surface area contributed by atoms with E-state index in [1.165, 1.54) is 11.1 Å². The molecule has 0 fully saturated rings. The molecule has 2 aromatic rings. The fourth-order valence-corrected chi connectivity index (χ4v) is 1.83. The van der Waals surface area contributed by atoms with Gasteiger partial charge in [0.15, 0.2) is 0 Å². The van der Waals surface area contributed by atoms with E-state index in [1.807, 2.05) is 31.3 Å². The van der Waals surface area contributed by atoms with Gasteiger partial charge in [-0.2, -0.15) is 4.98 Å². The van der Waals surface area contributed by atoms with Gasteiger partial charge in [0, 0.05) is 13.1 Å². The zero-order valence-electron chi connectivity index (χ0n) is 11.2. The van der Waals surface area contributed by atoms with Crippen molar-refractivity contribution in [3.8, 4) is 11.6 Å². The minimum absolute atomic E-state index is 0.606. The molecule has 0 unspecified atom stereocenters. The average molecular weight is 242 g/mol. The molecular weight excluding hydrogens is 224 g/mol. The molecule has 0 radical (unpaired) electrons. The number of aromatic nitrogens is 1. The van der Waals surface area contributed by atoms with Crippen molar-refractivity contribution in [2.24, 2.45) is 0 Å². The third-order valence-corrected chi connectivity index (χ3v) is 2.96. The van der Waals surface area contributed by atoms with Crippen LogP contribution in [-0.4, -0.2) is 12.0 Å². The smallest absolute Gasteiger partial charge is 0.221 e. The van der Waals surface area contributed by atoms with Crippen LogP contribution in [0, 0.1) is 20.8 Å². The van der Waals surface area contributed by atoms with Gasteiger partial charge < -0.3 is 10.1 Å². The number of nitrogens with zero attached hydrogens (tertiary/aromatic N) is 1. The Labute approximate surface area is 108 Å². The quantitative estimate of drug-likeness (QED) is 0.888. The fourth-order valence-electron chi connectivity index (χ4n) is 1.83. The number of hydrogen-bond donors (Lipinski definition) is 1. The maximum absolute atomic E-state index is 5.86. The van der Waals surface area contributed by atoms with Crippen LogP contribution in [0.1, 0.15) is 16.7 Å². The van der Waals surface area contributed by atoms with Crippen LogP contribution < -0.4 is 10.1 Å². The topological polar surface area (TPSA) is 34.1 Å². The number of anilines is 1. The normalized spacial score (nSPS) is 10.2. The van der Waals surface area contributed by atoms with Gasteiger partial charge in [-0.05, 0) is 49.6 Å². The molecule has 0 aliphatic carbocycles. The second-order valence-electron chi connectivity index (χ2n) is 4.42. The van der Waals surface area contributed by atoms with Crippen molar-refractivity contribution in [1.82, 2.24) is 4.98 Å². The molecule has 0 atom stereocenters. The van der Waals surface area contributed by atoms with E-state index in [9.17, 15) is 0 Å². The van der Waals surface area contributed by atoms with Gasteiger partial charge in [-0.1, -0.05) is 12.1 Å². The molecule has 1 aromatic carbocycles. The first-order valence-electron chi connectivity index (χ1n) is 6.00. The van der Waals surface area contributed by atoms with Crippen LogP contribution in [0.5, 0.6) is 11.6 Å². The van der Waals surface area contributed by atoms with Crippen molar-refractivity contribution in [3.05, 3.63) is 47.0 Å². The van der Waals surface area contributed by atoms with Crippen molar-refractivity contribution in [1.29, 1.82) is 0 Å². The number of benzene rings is 1. The van der Waals surface area contributed by atoms with Crippen molar-refractivity contribution in [2.45, 2.75) is 20.8 Å². The minimum atomic E-state index is 0.606. The van der Waals surface area contributed by atoms with E-state index in [2.05, 4.69) is 37.1 Å². The van der Waals surface area contributed by atoms with Gasteiger partial charge in [-0.15, -0.1) is 0 Å². The van der Waals surface area contributed by atoms with Crippen LogP contribution in [-0.2, 0) is 0 Å². The Morgan fingerprint density at radius 2 is 1.89 bits per heavy atom. The summed E-state index contributed by atoms with van der Waals surface area (Å²) in [4.78, 5) is 4.35. The van der Waals surface area contributed by atoms with Gasteiger partial charge in [0.1, 0.15) is 11.6 Å². The number of nitrogens with one attached hydrogen (secondary N) is 1. The summed E-state index contributed by atoms with van der Waals surface area (Å²) in [5, 5.41) is 3.00. The number of aryl methyl sites for hydroxylation is 2. The Balaban J connectivity index is 2.33. The van der Waals surface area contributed by atoms with E-state index < -0.39 is 0 Å². The SMILES string of the molecule is CNc1cccc(Oc2cc(C)cc(C)c2C)n1. The van der Waals surface area contributed by atoms with Crippen LogP contribution >= 0.6 is 0 Å². The Bertz CT molecular complexity index is 564.